The Morgan fingerprint density at radius 3 is 2.89 bits per heavy atom. The molecule has 1 atom stereocenters. The maximum absolute atomic E-state index is 12.1. The first kappa shape index (κ1) is 13.5. The Balaban J connectivity index is 1.80. The number of thiazole rings is 1. The fourth-order valence-electron chi connectivity index (χ4n) is 2.15. The summed E-state index contributed by atoms with van der Waals surface area (Å²) in [5.74, 6) is 0.221. The molecule has 5 heteroatoms. The van der Waals surface area contributed by atoms with Crippen LogP contribution in [0, 0.1) is 0 Å². The molecule has 1 fully saturated rings. The van der Waals surface area contributed by atoms with Crippen LogP contribution in [0.2, 0.25) is 0 Å². The smallest absolute Gasteiger partial charge is 0.239 e. The lowest BCUT2D eigenvalue weighted by Gasteiger charge is -2.20. The van der Waals surface area contributed by atoms with Crippen LogP contribution < -0.4 is 5.32 Å². The molecule has 18 heavy (non-hydrogen) atoms. The van der Waals surface area contributed by atoms with Gasteiger partial charge in [0.1, 0.15) is 0 Å². The molecule has 1 unspecified atom stereocenters. The predicted octanol–water partition coefficient (Wildman–Crippen LogP) is 1.81. The van der Waals surface area contributed by atoms with E-state index in [9.17, 15) is 4.79 Å². The zero-order valence-electron chi connectivity index (χ0n) is 11.1. The molecule has 2 heterocycles. The fourth-order valence-corrected chi connectivity index (χ4v) is 2.89. The van der Waals surface area contributed by atoms with Crippen LogP contribution in [0.3, 0.4) is 0 Å². The Hall–Kier alpha value is -0.940. The van der Waals surface area contributed by atoms with Crippen molar-refractivity contribution in [3.05, 3.63) is 16.1 Å². The number of hydrogen-bond acceptors (Lipinski definition) is 4. The van der Waals surface area contributed by atoms with Gasteiger partial charge in [0.15, 0.2) is 0 Å². The molecule has 1 amide bonds. The van der Waals surface area contributed by atoms with E-state index in [1.807, 2.05) is 11.8 Å². The molecule has 0 radical (unpaired) electrons. The first-order chi connectivity index (χ1) is 8.70. The summed E-state index contributed by atoms with van der Waals surface area (Å²) in [6, 6.07) is -0.116. The summed E-state index contributed by atoms with van der Waals surface area (Å²) in [6.45, 7) is 6.56. The average molecular weight is 267 g/mol. The maximum Gasteiger partial charge on any atom is 0.239 e. The van der Waals surface area contributed by atoms with Gasteiger partial charge in [-0.25, -0.2) is 4.98 Å². The molecular weight excluding hydrogens is 246 g/mol. The van der Waals surface area contributed by atoms with Crippen molar-refractivity contribution in [3.63, 3.8) is 0 Å². The Labute approximate surface area is 112 Å². The SMILES string of the molecule is CCc1nc(CNC(C)C(=O)N2CCCC2)cs1. The first-order valence-electron chi connectivity index (χ1n) is 6.66. The van der Waals surface area contributed by atoms with Gasteiger partial charge >= 0.3 is 0 Å². The van der Waals surface area contributed by atoms with Gasteiger partial charge in [-0.3, -0.25) is 4.79 Å². The van der Waals surface area contributed by atoms with Crippen LogP contribution in [0.5, 0.6) is 0 Å². The van der Waals surface area contributed by atoms with Gasteiger partial charge in [0.25, 0.3) is 0 Å². The molecule has 0 aliphatic carbocycles. The monoisotopic (exact) mass is 267 g/mol. The Bertz CT molecular complexity index is 399. The average Bonchev–Trinajstić information content (AvgIpc) is 3.05. The quantitative estimate of drug-likeness (QED) is 0.885. The highest BCUT2D eigenvalue weighted by atomic mass is 32.1. The number of nitrogens with zero attached hydrogens (tertiary/aromatic N) is 2. The van der Waals surface area contributed by atoms with Crippen molar-refractivity contribution in [3.8, 4) is 0 Å². The molecule has 0 spiro atoms. The van der Waals surface area contributed by atoms with Crippen LogP contribution in [-0.2, 0) is 17.8 Å². The second-order valence-electron chi connectivity index (χ2n) is 4.72. The molecule has 0 aromatic carbocycles. The predicted molar refractivity (Wildman–Crippen MR) is 73.6 cm³/mol. The lowest BCUT2D eigenvalue weighted by molar-refractivity contribution is -0.131. The highest BCUT2D eigenvalue weighted by Gasteiger charge is 2.22. The van der Waals surface area contributed by atoms with Gasteiger partial charge < -0.3 is 10.2 Å². The molecule has 1 aliphatic rings. The summed E-state index contributed by atoms with van der Waals surface area (Å²) in [6.07, 6.45) is 3.27. The third kappa shape index (κ3) is 3.29. The third-order valence-electron chi connectivity index (χ3n) is 3.28. The van der Waals surface area contributed by atoms with Crippen molar-refractivity contribution < 1.29 is 4.79 Å². The number of amides is 1. The minimum Gasteiger partial charge on any atom is -0.341 e. The van der Waals surface area contributed by atoms with Crippen molar-refractivity contribution in [2.45, 2.75) is 45.7 Å². The van der Waals surface area contributed by atoms with Crippen LogP contribution in [0.15, 0.2) is 5.38 Å². The fraction of sp³-hybridized carbons (Fsp3) is 0.692. The van der Waals surface area contributed by atoms with E-state index in [2.05, 4.69) is 22.6 Å². The Morgan fingerprint density at radius 2 is 2.28 bits per heavy atom. The number of carbonyl (C=O) groups excluding carboxylic acids is 1. The number of nitrogens with one attached hydrogen (secondary N) is 1. The summed E-state index contributed by atoms with van der Waals surface area (Å²) < 4.78 is 0. The maximum atomic E-state index is 12.1. The van der Waals surface area contributed by atoms with E-state index in [0.717, 1.165) is 43.1 Å². The number of likely N-dealkylation sites (tertiary alicyclic amines) is 1. The van der Waals surface area contributed by atoms with E-state index in [1.54, 1.807) is 11.3 Å². The normalized spacial score (nSPS) is 17.1. The van der Waals surface area contributed by atoms with Crippen LogP contribution in [0.25, 0.3) is 0 Å². The highest BCUT2D eigenvalue weighted by molar-refractivity contribution is 7.09. The number of carbonyl (C=O) groups is 1. The van der Waals surface area contributed by atoms with Gasteiger partial charge in [-0.05, 0) is 26.2 Å². The van der Waals surface area contributed by atoms with E-state index in [-0.39, 0.29) is 11.9 Å². The van der Waals surface area contributed by atoms with E-state index >= 15 is 0 Å². The minimum absolute atomic E-state index is 0.116. The van der Waals surface area contributed by atoms with Gasteiger partial charge in [0.05, 0.1) is 16.7 Å². The van der Waals surface area contributed by atoms with E-state index in [0.29, 0.717) is 6.54 Å². The van der Waals surface area contributed by atoms with Gasteiger partial charge in [-0.1, -0.05) is 6.92 Å². The molecule has 1 saturated heterocycles. The third-order valence-corrected chi connectivity index (χ3v) is 4.32. The summed E-state index contributed by atoms with van der Waals surface area (Å²) in [5.41, 5.74) is 1.04. The summed E-state index contributed by atoms with van der Waals surface area (Å²) in [5, 5.41) is 6.49. The largest absolute Gasteiger partial charge is 0.341 e. The van der Waals surface area contributed by atoms with Crippen LogP contribution in [0.4, 0.5) is 0 Å². The van der Waals surface area contributed by atoms with Crippen molar-refractivity contribution in [1.29, 1.82) is 0 Å². The van der Waals surface area contributed by atoms with Crippen molar-refractivity contribution in [2.24, 2.45) is 0 Å². The van der Waals surface area contributed by atoms with Gasteiger partial charge in [-0.2, -0.15) is 0 Å². The Morgan fingerprint density at radius 1 is 1.56 bits per heavy atom. The van der Waals surface area contributed by atoms with E-state index < -0.39 is 0 Å². The second-order valence-corrected chi connectivity index (χ2v) is 5.66. The molecule has 1 aliphatic heterocycles. The first-order valence-corrected chi connectivity index (χ1v) is 7.54. The topological polar surface area (TPSA) is 45.2 Å². The molecular formula is C13H21N3OS. The van der Waals surface area contributed by atoms with Gasteiger partial charge in [0, 0.05) is 25.0 Å². The van der Waals surface area contributed by atoms with Crippen LogP contribution in [0.1, 0.15) is 37.4 Å². The van der Waals surface area contributed by atoms with Gasteiger partial charge in [-0.15, -0.1) is 11.3 Å². The van der Waals surface area contributed by atoms with Crippen LogP contribution >= 0.6 is 11.3 Å². The molecule has 100 valence electrons. The minimum atomic E-state index is -0.116. The molecule has 0 saturated carbocycles. The van der Waals surface area contributed by atoms with Crippen LogP contribution in [-0.4, -0.2) is 34.9 Å². The molecule has 0 bridgehead atoms. The lowest BCUT2D eigenvalue weighted by atomic mass is 10.3. The lowest BCUT2D eigenvalue weighted by Crippen LogP contribution is -2.43. The summed E-state index contributed by atoms with van der Waals surface area (Å²) in [4.78, 5) is 18.5. The number of hydrogen-bond donors (Lipinski definition) is 1. The zero-order valence-corrected chi connectivity index (χ0v) is 11.9. The van der Waals surface area contributed by atoms with Crippen molar-refractivity contribution in [1.82, 2.24) is 15.2 Å². The summed E-state index contributed by atoms with van der Waals surface area (Å²) in [7, 11) is 0. The van der Waals surface area contributed by atoms with Crippen molar-refractivity contribution >= 4 is 17.2 Å². The van der Waals surface area contributed by atoms with Gasteiger partial charge in [0.2, 0.25) is 5.91 Å². The zero-order chi connectivity index (χ0) is 13.0. The Kier molecular flexibility index (Phi) is 4.72. The molecule has 4 nitrogen and oxygen atoms in total. The van der Waals surface area contributed by atoms with E-state index in [1.165, 1.54) is 0 Å². The second kappa shape index (κ2) is 6.29. The molecule has 1 N–H and O–H groups in total. The molecule has 2 rings (SSSR count). The molecule has 1 aromatic heterocycles. The molecule has 1 aromatic rings. The van der Waals surface area contributed by atoms with Crippen molar-refractivity contribution in [2.75, 3.05) is 13.1 Å². The number of aromatic nitrogens is 1. The van der Waals surface area contributed by atoms with E-state index in [4.69, 9.17) is 0 Å². The number of aryl methyl sites for hydroxylation is 1. The standard InChI is InChI=1S/C13H21N3OS/c1-3-12-15-11(9-18-12)8-14-10(2)13(17)16-6-4-5-7-16/h9-10,14H,3-8H2,1-2H3. The summed E-state index contributed by atoms with van der Waals surface area (Å²) >= 11 is 1.69. The number of rotatable bonds is 5. The highest BCUT2D eigenvalue weighted by Crippen LogP contribution is 2.11.